The largest absolute Gasteiger partial charge is 0.392 e. The molecule has 0 heterocycles. The smallest absolute Gasteiger partial charge is 0.0667 e. The summed E-state index contributed by atoms with van der Waals surface area (Å²) < 4.78 is 0. The fourth-order valence-electron chi connectivity index (χ4n) is 5.83. The Morgan fingerprint density at radius 2 is 0.692 bits per heavy atom. The maximum absolute atomic E-state index is 10.8. The van der Waals surface area contributed by atoms with Crippen molar-refractivity contribution < 1.29 is 10.2 Å². The third-order valence-electron chi connectivity index (χ3n) is 8.56. The SMILES string of the molecule is CCCCCCCCCCCCC(O)CN(CCCN(CC)CC)CC(O)CCCCCCCCCCCC. The molecule has 4 nitrogen and oxygen atoms in total. The van der Waals surface area contributed by atoms with Crippen molar-refractivity contribution in [2.24, 2.45) is 0 Å². The van der Waals surface area contributed by atoms with Crippen LogP contribution in [0, 0.1) is 0 Å². The summed E-state index contributed by atoms with van der Waals surface area (Å²) in [6.45, 7) is 14.7. The quantitative estimate of drug-likeness (QED) is 0.0813. The molecule has 0 radical (unpaired) electrons. The Morgan fingerprint density at radius 1 is 0.385 bits per heavy atom. The summed E-state index contributed by atoms with van der Waals surface area (Å²) in [6, 6.07) is 0. The lowest BCUT2D eigenvalue weighted by Gasteiger charge is -2.28. The van der Waals surface area contributed by atoms with E-state index in [-0.39, 0.29) is 12.2 Å². The lowest BCUT2D eigenvalue weighted by atomic mass is 10.0. The van der Waals surface area contributed by atoms with E-state index >= 15 is 0 Å². The van der Waals surface area contributed by atoms with Gasteiger partial charge in [-0.25, -0.2) is 0 Å². The van der Waals surface area contributed by atoms with Gasteiger partial charge in [-0.1, -0.05) is 156 Å². The Kier molecular flexibility index (Phi) is 30.7. The summed E-state index contributed by atoms with van der Waals surface area (Å²) in [6.07, 6.45) is 29.1. The van der Waals surface area contributed by atoms with Gasteiger partial charge in [0.15, 0.2) is 0 Å². The maximum atomic E-state index is 10.8. The summed E-state index contributed by atoms with van der Waals surface area (Å²) in [5.74, 6) is 0. The van der Waals surface area contributed by atoms with Crippen molar-refractivity contribution in [3.05, 3.63) is 0 Å². The van der Waals surface area contributed by atoms with Crippen LogP contribution in [-0.4, -0.2) is 71.5 Å². The summed E-state index contributed by atoms with van der Waals surface area (Å²) in [5, 5.41) is 21.6. The van der Waals surface area contributed by atoms with E-state index in [1.54, 1.807) is 0 Å². The van der Waals surface area contributed by atoms with Gasteiger partial charge in [0.2, 0.25) is 0 Å². The maximum Gasteiger partial charge on any atom is 0.0667 e. The Labute approximate surface area is 246 Å². The second-order valence-corrected chi connectivity index (χ2v) is 12.4. The molecule has 0 aliphatic heterocycles. The Balaban J connectivity index is 4.17. The van der Waals surface area contributed by atoms with Crippen molar-refractivity contribution >= 4 is 0 Å². The van der Waals surface area contributed by atoms with Gasteiger partial charge in [-0.15, -0.1) is 0 Å². The predicted molar refractivity (Wildman–Crippen MR) is 174 cm³/mol. The van der Waals surface area contributed by atoms with E-state index in [0.29, 0.717) is 13.1 Å². The first kappa shape index (κ1) is 38.8. The minimum Gasteiger partial charge on any atom is -0.392 e. The molecule has 0 aromatic carbocycles. The van der Waals surface area contributed by atoms with Crippen LogP contribution >= 0.6 is 0 Å². The molecule has 0 saturated heterocycles. The molecule has 2 N–H and O–H groups in total. The molecular weight excluding hydrogens is 480 g/mol. The average Bonchev–Trinajstić information content (AvgIpc) is 2.93. The summed E-state index contributed by atoms with van der Waals surface area (Å²) in [4.78, 5) is 4.82. The van der Waals surface area contributed by atoms with Crippen LogP contribution in [0.3, 0.4) is 0 Å². The zero-order chi connectivity index (χ0) is 28.8. The van der Waals surface area contributed by atoms with Crippen LogP contribution in [0.15, 0.2) is 0 Å². The number of aliphatic hydroxyl groups excluding tert-OH is 2. The predicted octanol–water partition coefficient (Wildman–Crippen LogP) is 9.36. The monoisotopic (exact) mass is 555 g/mol. The van der Waals surface area contributed by atoms with E-state index in [2.05, 4.69) is 37.5 Å². The van der Waals surface area contributed by atoms with Gasteiger partial charge < -0.3 is 15.1 Å². The molecule has 0 fully saturated rings. The van der Waals surface area contributed by atoms with Crippen LogP contribution in [0.5, 0.6) is 0 Å². The van der Waals surface area contributed by atoms with Crippen molar-refractivity contribution in [2.75, 3.05) is 39.3 Å². The van der Waals surface area contributed by atoms with Gasteiger partial charge in [0.1, 0.15) is 0 Å². The van der Waals surface area contributed by atoms with Crippen LogP contribution in [0.2, 0.25) is 0 Å². The van der Waals surface area contributed by atoms with Gasteiger partial charge in [-0.3, -0.25) is 4.90 Å². The fourth-order valence-corrected chi connectivity index (χ4v) is 5.83. The zero-order valence-corrected chi connectivity index (χ0v) is 27.4. The minimum absolute atomic E-state index is 0.267. The number of hydrogen-bond acceptors (Lipinski definition) is 4. The number of nitrogens with zero attached hydrogens (tertiary/aromatic N) is 2. The van der Waals surface area contributed by atoms with Gasteiger partial charge in [0.05, 0.1) is 12.2 Å². The van der Waals surface area contributed by atoms with Crippen LogP contribution in [0.25, 0.3) is 0 Å². The molecule has 0 spiro atoms. The molecule has 0 amide bonds. The van der Waals surface area contributed by atoms with Gasteiger partial charge in [-0.05, 0) is 45.4 Å². The first-order chi connectivity index (χ1) is 19.1. The topological polar surface area (TPSA) is 46.9 Å². The highest BCUT2D eigenvalue weighted by atomic mass is 16.3. The van der Waals surface area contributed by atoms with Gasteiger partial charge in [-0.2, -0.15) is 0 Å². The van der Waals surface area contributed by atoms with Crippen molar-refractivity contribution in [3.8, 4) is 0 Å². The summed E-state index contributed by atoms with van der Waals surface area (Å²) in [7, 11) is 0. The molecule has 0 saturated carbocycles. The highest BCUT2D eigenvalue weighted by molar-refractivity contribution is 4.71. The molecule has 0 aliphatic carbocycles. The van der Waals surface area contributed by atoms with Crippen LogP contribution in [0.1, 0.15) is 175 Å². The molecule has 0 aromatic rings. The van der Waals surface area contributed by atoms with Gasteiger partial charge >= 0.3 is 0 Å². The second-order valence-electron chi connectivity index (χ2n) is 12.4. The Morgan fingerprint density at radius 3 is 1.03 bits per heavy atom. The van der Waals surface area contributed by atoms with Crippen LogP contribution in [0.4, 0.5) is 0 Å². The Bertz CT molecular complexity index is 426. The number of hydrogen-bond donors (Lipinski definition) is 2. The minimum atomic E-state index is -0.267. The highest BCUT2D eigenvalue weighted by Crippen LogP contribution is 2.15. The molecule has 39 heavy (non-hydrogen) atoms. The molecule has 0 aromatic heterocycles. The van der Waals surface area contributed by atoms with E-state index in [1.165, 1.54) is 116 Å². The standard InChI is InChI=1S/C35H74N2O2/c1-5-9-11-13-15-17-19-21-23-25-28-34(38)32-37(31-27-30-36(7-3)8-4)33-35(39)29-26-24-22-20-18-16-14-12-10-6-2/h34-35,38-39H,5-33H2,1-4H3. The molecule has 0 rings (SSSR count). The van der Waals surface area contributed by atoms with E-state index in [0.717, 1.165) is 58.3 Å². The third kappa shape index (κ3) is 27.8. The first-order valence-electron chi connectivity index (χ1n) is 17.9. The van der Waals surface area contributed by atoms with E-state index in [9.17, 15) is 10.2 Å². The number of unbranched alkanes of at least 4 members (excludes halogenated alkanes) is 18. The molecule has 0 aliphatic rings. The average molecular weight is 555 g/mol. The third-order valence-corrected chi connectivity index (χ3v) is 8.56. The van der Waals surface area contributed by atoms with E-state index in [1.807, 2.05) is 0 Å². The van der Waals surface area contributed by atoms with Crippen molar-refractivity contribution in [2.45, 2.75) is 188 Å². The highest BCUT2D eigenvalue weighted by Gasteiger charge is 2.16. The number of rotatable bonds is 32. The summed E-state index contributed by atoms with van der Waals surface area (Å²) >= 11 is 0. The Hall–Kier alpha value is -0.160. The second kappa shape index (κ2) is 30.8. The van der Waals surface area contributed by atoms with Gasteiger partial charge in [0.25, 0.3) is 0 Å². The molecule has 0 bridgehead atoms. The fraction of sp³-hybridized carbons (Fsp3) is 1.00. The van der Waals surface area contributed by atoms with Crippen molar-refractivity contribution in [1.29, 1.82) is 0 Å². The number of aliphatic hydroxyl groups is 2. The lowest BCUT2D eigenvalue weighted by Crippen LogP contribution is -2.39. The molecule has 2 atom stereocenters. The van der Waals surface area contributed by atoms with Crippen molar-refractivity contribution in [3.63, 3.8) is 0 Å². The van der Waals surface area contributed by atoms with Crippen molar-refractivity contribution in [1.82, 2.24) is 9.80 Å². The molecule has 236 valence electrons. The molecule has 4 heteroatoms. The first-order valence-corrected chi connectivity index (χ1v) is 17.9. The lowest BCUT2D eigenvalue weighted by molar-refractivity contribution is 0.0584. The molecular formula is C35H74N2O2. The van der Waals surface area contributed by atoms with Crippen LogP contribution in [-0.2, 0) is 0 Å². The van der Waals surface area contributed by atoms with Crippen LogP contribution < -0.4 is 0 Å². The normalized spacial score (nSPS) is 13.5. The van der Waals surface area contributed by atoms with Gasteiger partial charge in [0, 0.05) is 13.1 Å². The van der Waals surface area contributed by atoms with E-state index in [4.69, 9.17) is 0 Å². The molecule has 2 unspecified atom stereocenters. The van der Waals surface area contributed by atoms with E-state index < -0.39 is 0 Å². The summed E-state index contributed by atoms with van der Waals surface area (Å²) in [5.41, 5.74) is 0. The zero-order valence-electron chi connectivity index (χ0n) is 27.4.